The van der Waals surface area contributed by atoms with Crippen LogP contribution in [0.25, 0.3) is 11.0 Å². The fourth-order valence-corrected chi connectivity index (χ4v) is 2.30. The van der Waals surface area contributed by atoms with Gasteiger partial charge < -0.3 is 15.5 Å². The monoisotopic (exact) mass is 270 g/mol. The van der Waals surface area contributed by atoms with Crippen molar-refractivity contribution in [3.05, 3.63) is 66.2 Å². The number of benzene rings is 2. The summed E-state index contributed by atoms with van der Waals surface area (Å²) in [7, 11) is 0. The van der Waals surface area contributed by atoms with Gasteiger partial charge in [0, 0.05) is 17.5 Å². The van der Waals surface area contributed by atoms with E-state index in [2.05, 4.69) is 5.32 Å². The Bertz CT molecular complexity index is 723. The minimum Gasteiger partial charge on any atom is -0.464 e. The van der Waals surface area contributed by atoms with Crippen LogP contribution in [-0.2, 0) is 0 Å². The second kappa shape index (κ2) is 5.35. The molecule has 1 heterocycles. The molecule has 3 aromatic rings. The third kappa shape index (κ3) is 2.26. The molecule has 0 aliphatic heterocycles. The smallest absolute Gasteiger partial charge is 0.146 e. The summed E-state index contributed by atoms with van der Waals surface area (Å²) in [5.41, 5.74) is 8.00. The lowest BCUT2D eigenvalue weighted by Gasteiger charge is -2.17. The van der Waals surface area contributed by atoms with Crippen molar-refractivity contribution in [2.24, 2.45) is 5.73 Å². The topological polar surface area (TPSA) is 51.2 Å². The highest BCUT2D eigenvalue weighted by molar-refractivity contribution is 5.81. The molecule has 4 heteroatoms. The molecule has 0 aliphatic carbocycles. The maximum absolute atomic E-state index is 13.7. The summed E-state index contributed by atoms with van der Waals surface area (Å²) in [4.78, 5) is 0. The minimum atomic E-state index is -0.293. The van der Waals surface area contributed by atoms with Crippen molar-refractivity contribution < 1.29 is 8.81 Å². The first-order valence-corrected chi connectivity index (χ1v) is 6.47. The molecular formula is C16H15FN2O. The first-order valence-electron chi connectivity index (χ1n) is 6.47. The number of nitrogens with one attached hydrogen (secondary N) is 1. The fourth-order valence-electron chi connectivity index (χ4n) is 2.30. The van der Waals surface area contributed by atoms with Gasteiger partial charge in [0.25, 0.3) is 0 Å². The maximum Gasteiger partial charge on any atom is 0.146 e. The molecule has 3 nitrogen and oxygen atoms in total. The normalized spacial score (nSPS) is 12.5. The maximum atomic E-state index is 13.7. The van der Waals surface area contributed by atoms with Gasteiger partial charge in [0.15, 0.2) is 0 Å². The summed E-state index contributed by atoms with van der Waals surface area (Å²) in [6.45, 7) is 0.345. The highest BCUT2D eigenvalue weighted by atomic mass is 19.1. The van der Waals surface area contributed by atoms with Gasteiger partial charge in [-0.25, -0.2) is 4.39 Å². The number of rotatable bonds is 4. The third-order valence-corrected chi connectivity index (χ3v) is 3.33. The molecule has 20 heavy (non-hydrogen) atoms. The number of fused-ring (bicyclic) bond motifs is 1. The second-order valence-electron chi connectivity index (χ2n) is 4.60. The summed E-state index contributed by atoms with van der Waals surface area (Å²) in [5, 5.41) is 4.12. The Hall–Kier alpha value is -2.33. The van der Waals surface area contributed by atoms with Crippen molar-refractivity contribution in [1.29, 1.82) is 0 Å². The van der Waals surface area contributed by atoms with Crippen LogP contribution in [0.2, 0.25) is 0 Å². The number of furan rings is 1. The fraction of sp³-hybridized carbons (Fsp3) is 0.125. The number of hydrogen-bond acceptors (Lipinski definition) is 3. The van der Waals surface area contributed by atoms with Crippen LogP contribution in [0.5, 0.6) is 0 Å². The first kappa shape index (κ1) is 12.7. The lowest BCUT2D eigenvalue weighted by molar-refractivity contribution is 0.602. The van der Waals surface area contributed by atoms with Crippen LogP contribution >= 0.6 is 0 Å². The van der Waals surface area contributed by atoms with Crippen LogP contribution in [0, 0.1) is 5.82 Å². The molecule has 3 rings (SSSR count). The van der Waals surface area contributed by atoms with E-state index in [9.17, 15) is 4.39 Å². The Morgan fingerprint density at radius 1 is 1.10 bits per heavy atom. The highest BCUT2D eigenvalue weighted by Gasteiger charge is 2.16. The molecule has 0 amide bonds. The summed E-state index contributed by atoms with van der Waals surface area (Å²) in [6, 6.07) is 14.1. The third-order valence-electron chi connectivity index (χ3n) is 3.33. The molecule has 0 saturated carbocycles. The van der Waals surface area contributed by atoms with Crippen LogP contribution in [0.3, 0.4) is 0 Å². The molecule has 0 radical (unpaired) electrons. The lowest BCUT2D eigenvalue weighted by atomic mass is 10.1. The summed E-state index contributed by atoms with van der Waals surface area (Å²) in [5.74, 6) is -0.293. The van der Waals surface area contributed by atoms with Crippen molar-refractivity contribution >= 4 is 16.7 Å². The molecule has 0 fully saturated rings. The van der Waals surface area contributed by atoms with Gasteiger partial charge in [-0.3, -0.25) is 0 Å². The van der Waals surface area contributed by atoms with E-state index in [-0.39, 0.29) is 11.9 Å². The lowest BCUT2D eigenvalue weighted by Crippen LogP contribution is -2.20. The average molecular weight is 270 g/mol. The van der Waals surface area contributed by atoms with Crippen LogP contribution in [0.15, 0.2) is 59.2 Å². The highest BCUT2D eigenvalue weighted by Crippen LogP contribution is 2.28. The summed E-state index contributed by atoms with van der Waals surface area (Å²) < 4.78 is 19.2. The Morgan fingerprint density at radius 2 is 1.85 bits per heavy atom. The van der Waals surface area contributed by atoms with Crippen molar-refractivity contribution in [2.45, 2.75) is 6.04 Å². The van der Waals surface area contributed by atoms with Gasteiger partial charge in [-0.1, -0.05) is 30.3 Å². The second-order valence-corrected chi connectivity index (χ2v) is 4.60. The van der Waals surface area contributed by atoms with Crippen molar-refractivity contribution in [3.63, 3.8) is 0 Å². The zero-order valence-corrected chi connectivity index (χ0v) is 10.8. The number of nitrogens with two attached hydrogens (primary N) is 1. The molecule has 0 spiro atoms. The minimum absolute atomic E-state index is 0.199. The Kier molecular flexibility index (Phi) is 3.39. The predicted octanol–water partition coefficient (Wildman–Crippen LogP) is 3.68. The van der Waals surface area contributed by atoms with Crippen molar-refractivity contribution in [3.8, 4) is 0 Å². The summed E-state index contributed by atoms with van der Waals surface area (Å²) in [6.07, 6.45) is 1.68. The molecule has 0 aliphatic rings. The van der Waals surface area contributed by atoms with Crippen molar-refractivity contribution in [1.82, 2.24) is 0 Å². The van der Waals surface area contributed by atoms with Gasteiger partial charge in [-0.15, -0.1) is 0 Å². The Labute approximate surface area is 116 Å². The van der Waals surface area contributed by atoms with Gasteiger partial charge >= 0.3 is 0 Å². The largest absolute Gasteiger partial charge is 0.464 e. The van der Waals surface area contributed by atoms with E-state index in [1.807, 2.05) is 24.3 Å². The van der Waals surface area contributed by atoms with E-state index in [0.717, 1.165) is 16.5 Å². The predicted molar refractivity (Wildman–Crippen MR) is 78.0 cm³/mol. The molecule has 0 bridgehead atoms. The van der Waals surface area contributed by atoms with E-state index in [1.54, 1.807) is 24.5 Å². The molecule has 1 aromatic heterocycles. The molecule has 1 unspecified atom stereocenters. The molecular weight excluding hydrogens is 255 g/mol. The zero-order chi connectivity index (χ0) is 13.9. The Balaban J connectivity index is 1.96. The standard InChI is InChI=1S/C16H15FN2O/c17-13-6-2-3-7-14(13)19-15(9-18)12-10-20-16-8-4-1-5-11(12)16/h1-8,10,15,19H,9,18H2. The van der Waals surface area contributed by atoms with E-state index in [0.29, 0.717) is 12.2 Å². The van der Waals surface area contributed by atoms with E-state index >= 15 is 0 Å². The summed E-state index contributed by atoms with van der Waals surface area (Å²) >= 11 is 0. The quantitative estimate of drug-likeness (QED) is 0.760. The van der Waals surface area contributed by atoms with Crippen LogP contribution < -0.4 is 11.1 Å². The van der Waals surface area contributed by atoms with Gasteiger partial charge in [0.05, 0.1) is 18.0 Å². The molecule has 3 N–H and O–H groups in total. The van der Waals surface area contributed by atoms with Crippen LogP contribution in [0.1, 0.15) is 11.6 Å². The van der Waals surface area contributed by atoms with Crippen LogP contribution in [0.4, 0.5) is 10.1 Å². The van der Waals surface area contributed by atoms with Gasteiger partial charge in [0.2, 0.25) is 0 Å². The molecule has 0 saturated heterocycles. The van der Waals surface area contributed by atoms with Gasteiger partial charge in [0.1, 0.15) is 11.4 Å². The number of para-hydroxylation sites is 2. The molecule has 1 atom stereocenters. The first-order chi connectivity index (χ1) is 9.79. The van der Waals surface area contributed by atoms with E-state index in [4.69, 9.17) is 10.2 Å². The van der Waals surface area contributed by atoms with Crippen molar-refractivity contribution in [2.75, 3.05) is 11.9 Å². The van der Waals surface area contributed by atoms with E-state index in [1.165, 1.54) is 6.07 Å². The Morgan fingerprint density at radius 3 is 2.65 bits per heavy atom. The molecule has 2 aromatic carbocycles. The average Bonchev–Trinajstić information content (AvgIpc) is 2.90. The number of halogens is 1. The van der Waals surface area contributed by atoms with Gasteiger partial charge in [-0.05, 0) is 18.2 Å². The SMILES string of the molecule is NCC(Nc1ccccc1F)c1coc2ccccc12. The van der Waals surface area contributed by atoms with Gasteiger partial charge in [-0.2, -0.15) is 0 Å². The zero-order valence-electron chi connectivity index (χ0n) is 10.8. The number of hydrogen-bond donors (Lipinski definition) is 2. The van der Waals surface area contributed by atoms with Crippen LogP contribution in [-0.4, -0.2) is 6.54 Å². The van der Waals surface area contributed by atoms with E-state index < -0.39 is 0 Å². The molecule has 102 valence electrons. The number of anilines is 1.